The molecule has 0 aliphatic carbocycles. The van der Waals surface area contributed by atoms with Crippen LogP contribution in [0.5, 0.6) is 0 Å². The van der Waals surface area contributed by atoms with Gasteiger partial charge in [-0.3, -0.25) is 4.79 Å². The van der Waals surface area contributed by atoms with E-state index in [1.54, 1.807) is 23.1 Å². The molecule has 1 heterocycles. The third kappa shape index (κ3) is 5.38. The van der Waals surface area contributed by atoms with E-state index in [0.29, 0.717) is 6.42 Å². The minimum atomic E-state index is 0.0307. The molecule has 146 valence electrons. The van der Waals surface area contributed by atoms with Crippen LogP contribution in [0.2, 0.25) is 5.02 Å². The van der Waals surface area contributed by atoms with E-state index in [0.717, 1.165) is 43.7 Å². The largest absolute Gasteiger partial charge is 0.326 e. The van der Waals surface area contributed by atoms with Crippen LogP contribution in [0.25, 0.3) is 20.8 Å². The van der Waals surface area contributed by atoms with Gasteiger partial charge in [-0.25, -0.2) is 4.98 Å². The quantitative estimate of drug-likeness (QED) is 0.246. The number of hydrogen-bond acceptors (Lipinski definition) is 4. The van der Waals surface area contributed by atoms with Crippen molar-refractivity contribution in [2.75, 3.05) is 11.1 Å². The van der Waals surface area contributed by atoms with E-state index in [9.17, 15) is 4.79 Å². The molecule has 0 spiro atoms. The number of para-hydroxylation sites is 1. The maximum Gasteiger partial charge on any atom is 0.224 e. The second-order valence-corrected chi connectivity index (χ2v) is 9.16. The number of aromatic nitrogens is 1. The molecule has 1 amide bonds. The molecule has 4 aromatic rings. The summed E-state index contributed by atoms with van der Waals surface area (Å²) in [6, 6.07) is 23.7. The average Bonchev–Trinajstić information content (AvgIpc) is 3.17. The van der Waals surface area contributed by atoms with Crippen LogP contribution in [0.1, 0.15) is 12.8 Å². The molecule has 0 bridgehead atoms. The lowest BCUT2D eigenvalue weighted by Gasteiger charge is -2.07. The Balaban J connectivity index is 1.31. The second-order valence-electron chi connectivity index (χ2n) is 6.52. The summed E-state index contributed by atoms with van der Waals surface area (Å²) in [5.74, 6) is 0.920. The highest BCUT2D eigenvalue weighted by molar-refractivity contribution is 7.99. The molecule has 0 atom stereocenters. The molecule has 1 N–H and O–H groups in total. The normalized spacial score (nSPS) is 10.9. The van der Waals surface area contributed by atoms with E-state index in [2.05, 4.69) is 11.4 Å². The number of nitrogens with zero attached hydrogens (tertiary/aromatic N) is 1. The number of fused-ring (bicyclic) bond motifs is 1. The molecule has 1 aromatic heterocycles. The van der Waals surface area contributed by atoms with Crippen LogP contribution in [-0.2, 0) is 4.79 Å². The lowest BCUT2D eigenvalue weighted by Crippen LogP contribution is -2.11. The maximum absolute atomic E-state index is 12.3. The van der Waals surface area contributed by atoms with Crippen LogP contribution in [0.3, 0.4) is 0 Å². The first-order chi connectivity index (χ1) is 14.2. The molecule has 0 unspecified atom stereocenters. The first-order valence-corrected chi connectivity index (χ1v) is 11.5. The number of hydrogen-bond donors (Lipinski definition) is 1. The molecule has 6 heteroatoms. The van der Waals surface area contributed by atoms with Crippen molar-refractivity contribution >= 4 is 56.5 Å². The van der Waals surface area contributed by atoms with Crippen LogP contribution >= 0.6 is 34.7 Å². The third-order valence-corrected chi connectivity index (χ3v) is 6.75. The number of thiazole rings is 1. The number of thioether (sulfide) groups is 1. The summed E-state index contributed by atoms with van der Waals surface area (Å²) in [7, 11) is 0. The number of amides is 1. The Kier molecular flexibility index (Phi) is 6.49. The summed E-state index contributed by atoms with van der Waals surface area (Å²) in [5, 5.41) is 4.70. The van der Waals surface area contributed by atoms with Gasteiger partial charge in [-0.1, -0.05) is 35.9 Å². The van der Waals surface area contributed by atoms with Gasteiger partial charge in [0.1, 0.15) is 5.01 Å². The monoisotopic (exact) mass is 438 g/mol. The van der Waals surface area contributed by atoms with Crippen LogP contribution < -0.4 is 5.32 Å². The lowest BCUT2D eigenvalue weighted by atomic mass is 10.2. The van der Waals surface area contributed by atoms with Gasteiger partial charge in [-0.15, -0.1) is 23.1 Å². The van der Waals surface area contributed by atoms with Crippen molar-refractivity contribution in [1.29, 1.82) is 0 Å². The van der Waals surface area contributed by atoms with Gasteiger partial charge in [-0.05, 0) is 60.7 Å². The molecule has 0 radical (unpaired) electrons. The van der Waals surface area contributed by atoms with Crippen LogP contribution in [0.15, 0.2) is 77.7 Å². The van der Waals surface area contributed by atoms with Crippen molar-refractivity contribution in [1.82, 2.24) is 4.98 Å². The molecule has 4 rings (SSSR count). The van der Waals surface area contributed by atoms with Crippen molar-refractivity contribution in [3.63, 3.8) is 0 Å². The molecule has 29 heavy (non-hydrogen) atoms. The van der Waals surface area contributed by atoms with E-state index in [1.807, 2.05) is 66.7 Å². The zero-order valence-electron chi connectivity index (χ0n) is 15.6. The topological polar surface area (TPSA) is 42.0 Å². The number of carbonyl (C=O) groups is 1. The van der Waals surface area contributed by atoms with Gasteiger partial charge >= 0.3 is 0 Å². The van der Waals surface area contributed by atoms with Gasteiger partial charge in [0, 0.05) is 27.6 Å². The zero-order chi connectivity index (χ0) is 20.1. The van der Waals surface area contributed by atoms with E-state index in [1.165, 1.54) is 4.90 Å². The highest BCUT2D eigenvalue weighted by atomic mass is 35.5. The van der Waals surface area contributed by atoms with Crippen LogP contribution in [0, 0.1) is 0 Å². The van der Waals surface area contributed by atoms with E-state index in [-0.39, 0.29) is 5.91 Å². The van der Waals surface area contributed by atoms with Crippen LogP contribution in [-0.4, -0.2) is 16.6 Å². The Hall–Kier alpha value is -2.34. The van der Waals surface area contributed by atoms with E-state index in [4.69, 9.17) is 16.6 Å². The summed E-state index contributed by atoms with van der Waals surface area (Å²) < 4.78 is 1.16. The predicted octanol–water partition coefficient (Wildman–Crippen LogP) is 7.13. The van der Waals surface area contributed by atoms with Gasteiger partial charge in [-0.2, -0.15) is 0 Å². The molecular formula is C23H19ClN2OS2. The number of benzene rings is 3. The molecule has 0 saturated heterocycles. The molecule has 0 aliphatic rings. The Morgan fingerprint density at radius 2 is 1.86 bits per heavy atom. The lowest BCUT2D eigenvalue weighted by molar-refractivity contribution is -0.116. The van der Waals surface area contributed by atoms with E-state index >= 15 is 0 Å². The summed E-state index contributed by atoms with van der Waals surface area (Å²) in [4.78, 5) is 18.2. The minimum absolute atomic E-state index is 0.0307. The standard InChI is InChI=1S/C23H19ClN2OS2/c24-17-10-12-19(13-11-17)28-14-4-9-22(27)25-18-6-3-5-16(15-18)23-26-20-7-1-2-8-21(20)29-23/h1-3,5-8,10-13,15H,4,9,14H2,(H,25,27). The second kappa shape index (κ2) is 9.44. The van der Waals surface area contributed by atoms with Crippen molar-refractivity contribution < 1.29 is 4.79 Å². The summed E-state index contributed by atoms with van der Waals surface area (Å²) in [6.45, 7) is 0. The molecule has 0 fully saturated rings. The number of anilines is 1. The van der Waals surface area contributed by atoms with Gasteiger partial charge < -0.3 is 5.32 Å². The summed E-state index contributed by atoms with van der Waals surface area (Å²) >= 11 is 9.29. The van der Waals surface area contributed by atoms with Crippen molar-refractivity contribution in [3.05, 3.63) is 77.8 Å². The Morgan fingerprint density at radius 3 is 2.69 bits per heavy atom. The molecule has 0 aliphatic heterocycles. The Morgan fingerprint density at radius 1 is 1.03 bits per heavy atom. The fourth-order valence-corrected chi connectivity index (χ4v) is 4.84. The molecular weight excluding hydrogens is 420 g/mol. The predicted molar refractivity (Wildman–Crippen MR) is 125 cm³/mol. The Labute approximate surface area is 183 Å². The highest BCUT2D eigenvalue weighted by Crippen LogP contribution is 2.31. The fourth-order valence-electron chi connectivity index (χ4n) is 2.90. The average molecular weight is 439 g/mol. The third-order valence-electron chi connectivity index (χ3n) is 4.32. The number of rotatable bonds is 7. The van der Waals surface area contributed by atoms with Gasteiger partial charge in [0.2, 0.25) is 5.91 Å². The Bertz CT molecular complexity index is 1090. The number of nitrogens with one attached hydrogen (secondary N) is 1. The number of halogens is 1. The SMILES string of the molecule is O=C(CCCSc1ccc(Cl)cc1)Nc1cccc(-c2nc3ccccc3s2)c1. The van der Waals surface area contributed by atoms with E-state index < -0.39 is 0 Å². The highest BCUT2D eigenvalue weighted by Gasteiger charge is 2.08. The van der Waals surface area contributed by atoms with Gasteiger partial charge in [0.15, 0.2) is 0 Å². The first-order valence-electron chi connectivity index (χ1n) is 9.32. The summed E-state index contributed by atoms with van der Waals surface area (Å²) in [5.41, 5.74) is 2.82. The first kappa shape index (κ1) is 20.0. The van der Waals surface area contributed by atoms with Crippen molar-refractivity contribution in [2.45, 2.75) is 17.7 Å². The molecule has 3 aromatic carbocycles. The van der Waals surface area contributed by atoms with Crippen molar-refractivity contribution in [3.8, 4) is 10.6 Å². The number of carbonyl (C=O) groups excluding carboxylic acids is 1. The summed E-state index contributed by atoms with van der Waals surface area (Å²) in [6.07, 6.45) is 1.31. The van der Waals surface area contributed by atoms with Crippen molar-refractivity contribution in [2.24, 2.45) is 0 Å². The van der Waals surface area contributed by atoms with Crippen LogP contribution in [0.4, 0.5) is 5.69 Å². The smallest absolute Gasteiger partial charge is 0.224 e. The minimum Gasteiger partial charge on any atom is -0.326 e. The zero-order valence-corrected chi connectivity index (χ0v) is 18.0. The van der Waals surface area contributed by atoms with Gasteiger partial charge in [0.05, 0.1) is 10.2 Å². The fraction of sp³-hybridized carbons (Fsp3) is 0.130. The molecule has 3 nitrogen and oxygen atoms in total. The van der Waals surface area contributed by atoms with Gasteiger partial charge in [0.25, 0.3) is 0 Å². The maximum atomic E-state index is 12.3. The molecule has 0 saturated carbocycles.